The number of nitrogens with one attached hydrogen (secondary N) is 1. The lowest BCUT2D eigenvalue weighted by molar-refractivity contribution is 0.0700. The summed E-state index contributed by atoms with van der Waals surface area (Å²) in [5.41, 5.74) is 0.684. The van der Waals surface area contributed by atoms with Crippen LogP contribution < -0.4 is 5.32 Å². The Labute approximate surface area is 119 Å². The molecule has 1 aromatic rings. The molecule has 4 heteroatoms. The van der Waals surface area contributed by atoms with Crippen LogP contribution in [0.1, 0.15) is 54.8 Å². The molecule has 3 nitrogen and oxygen atoms in total. The third kappa shape index (κ3) is 3.18. The molecular formula is C15H23NO2S. The van der Waals surface area contributed by atoms with Gasteiger partial charge in [0.1, 0.15) is 0 Å². The Hall–Kier alpha value is -0.870. The third-order valence-corrected chi connectivity index (χ3v) is 5.06. The lowest BCUT2D eigenvalue weighted by Gasteiger charge is -2.39. The van der Waals surface area contributed by atoms with Crippen molar-refractivity contribution in [2.45, 2.75) is 51.5 Å². The van der Waals surface area contributed by atoms with Crippen molar-refractivity contribution < 1.29 is 9.90 Å². The van der Waals surface area contributed by atoms with Crippen molar-refractivity contribution in [1.82, 2.24) is 5.32 Å². The van der Waals surface area contributed by atoms with E-state index >= 15 is 0 Å². The van der Waals surface area contributed by atoms with Gasteiger partial charge in [-0.05, 0) is 42.2 Å². The number of rotatable bonds is 4. The summed E-state index contributed by atoms with van der Waals surface area (Å²) >= 11 is 1.49. The first kappa shape index (κ1) is 14.5. The van der Waals surface area contributed by atoms with Crippen LogP contribution in [0, 0.1) is 5.92 Å². The van der Waals surface area contributed by atoms with Crippen LogP contribution in [-0.2, 0) is 6.42 Å². The highest BCUT2D eigenvalue weighted by molar-refractivity contribution is 7.12. The molecule has 0 aromatic carbocycles. The number of aryl methyl sites for hydroxylation is 1. The Bertz CT molecular complexity index is 443. The van der Waals surface area contributed by atoms with Gasteiger partial charge in [0.05, 0.1) is 17.0 Å². The summed E-state index contributed by atoms with van der Waals surface area (Å²) in [6, 6.07) is 2.01. The second-order valence-corrected chi connectivity index (χ2v) is 6.64. The predicted octanol–water partition coefficient (Wildman–Crippen LogP) is 2.98. The number of aliphatic hydroxyl groups is 1. The van der Waals surface area contributed by atoms with Gasteiger partial charge < -0.3 is 10.4 Å². The minimum atomic E-state index is -0.413. The van der Waals surface area contributed by atoms with Crippen molar-refractivity contribution in [2.75, 3.05) is 6.61 Å². The van der Waals surface area contributed by atoms with Gasteiger partial charge in [-0.15, -0.1) is 11.3 Å². The Morgan fingerprint density at radius 3 is 3.05 bits per heavy atom. The lowest BCUT2D eigenvalue weighted by atomic mass is 9.77. The Kier molecular flexibility index (Phi) is 4.63. The zero-order chi connectivity index (χ0) is 13.9. The van der Waals surface area contributed by atoms with Gasteiger partial charge in [-0.3, -0.25) is 4.79 Å². The van der Waals surface area contributed by atoms with Crippen molar-refractivity contribution >= 4 is 17.2 Å². The molecule has 0 saturated heterocycles. The van der Waals surface area contributed by atoms with Crippen LogP contribution in [0.2, 0.25) is 0 Å². The molecule has 1 amide bonds. The van der Waals surface area contributed by atoms with Gasteiger partial charge in [-0.2, -0.15) is 0 Å². The Balaban J connectivity index is 2.12. The second kappa shape index (κ2) is 6.06. The summed E-state index contributed by atoms with van der Waals surface area (Å²) in [6.07, 6.45) is 4.90. The maximum atomic E-state index is 12.4. The highest BCUT2D eigenvalue weighted by atomic mass is 32.1. The van der Waals surface area contributed by atoms with Crippen LogP contribution in [0.5, 0.6) is 0 Å². The molecule has 0 spiro atoms. The summed E-state index contributed by atoms with van der Waals surface area (Å²) in [5.74, 6) is 0.546. The van der Waals surface area contributed by atoms with Crippen LogP contribution in [0.4, 0.5) is 0 Å². The number of aliphatic hydroxyl groups excluding tert-OH is 1. The largest absolute Gasteiger partial charge is 0.394 e. The predicted molar refractivity (Wildman–Crippen MR) is 78.6 cm³/mol. The molecule has 1 aliphatic rings. The van der Waals surface area contributed by atoms with Gasteiger partial charge in [-0.25, -0.2) is 0 Å². The van der Waals surface area contributed by atoms with E-state index in [9.17, 15) is 9.90 Å². The number of hydrogen-bond donors (Lipinski definition) is 2. The van der Waals surface area contributed by atoms with Crippen molar-refractivity contribution in [3.63, 3.8) is 0 Å². The summed E-state index contributed by atoms with van der Waals surface area (Å²) in [6.45, 7) is 4.29. The summed E-state index contributed by atoms with van der Waals surface area (Å²) in [7, 11) is 0. The monoisotopic (exact) mass is 281 g/mol. The van der Waals surface area contributed by atoms with Gasteiger partial charge in [0.2, 0.25) is 0 Å². The summed E-state index contributed by atoms with van der Waals surface area (Å²) < 4.78 is 0. The van der Waals surface area contributed by atoms with E-state index in [0.717, 1.165) is 36.1 Å². The quantitative estimate of drug-likeness (QED) is 0.891. The fraction of sp³-hybridized carbons (Fsp3) is 0.667. The molecule has 1 saturated carbocycles. The van der Waals surface area contributed by atoms with Crippen LogP contribution in [0.15, 0.2) is 11.4 Å². The maximum absolute atomic E-state index is 12.4. The molecular weight excluding hydrogens is 258 g/mol. The van der Waals surface area contributed by atoms with Crippen LogP contribution in [-0.4, -0.2) is 23.2 Å². The van der Waals surface area contributed by atoms with E-state index in [1.807, 2.05) is 11.4 Å². The fourth-order valence-electron chi connectivity index (χ4n) is 3.07. The second-order valence-electron chi connectivity index (χ2n) is 5.72. The van der Waals surface area contributed by atoms with Gasteiger partial charge in [0.15, 0.2) is 0 Å². The highest BCUT2D eigenvalue weighted by Gasteiger charge is 2.36. The smallest absolute Gasteiger partial charge is 0.262 e. The van der Waals surface area contributed by atoms with Gasteiger partial charge in [0.25, 0.3) is 5.91 Å². The summed E-state index contributed by atoms with van der Waals surface area (Å²) in [5, 5.41) is 14.8. The van der Waals surface area contributed by atoms with Gasteiger partial charge >= 0.3 is 0 Å². The Morgan fingerprint density at radius 1 is 1.63 bits per heavy atom. The van der Waals surface area contributed by atoms with Crippen molar-refractivity contribution in [1.29, 1.82) is 0 Å². The molecule has 1 aliphatic carbocycles. The van der Waals surface area contributed by atoms with E-state index in [0.29, 0.717) is 5.92 Å². The zero-order valence-corrected chi connectivity index (χ0v) is 12.6. The molecule has 19 heavy (non-hydrogen) atoms. The maximum Gasteiger partial charge on any atom is 0.262 e. The SMILES string of the molecule is CCc1ccsc1C(=O)NC1(CO)CCCC(C)C1. The average Bonchev–Trinajstić information content (AvgIpc) is 2.87. The minimum Gasteiger partial charge on any atom is -0.394 e. The average molecular weight is 281 g/mol. The van der Waals surface area contributed by atoms with Crippen molar-refractivity contribution in [3.8, 4) is 0 Å². The lowest BCUT2D eigenvalue weighted by Crippen LogP contribution is -2.53. The molecule has 1 heterocycles. The van der Waals surface area contributed by atoms with Gasteiger partial charge in [-0.1, -0.05) is 26.7 Å². The first-order valence-electron chi connectivity index (χ1n) is 7.10. The molecule has 0 aliphatic heterocycles. The highest BCUT2D eigenvalue weighted by Crippen LogP contribution is 2.32. The first-order chi connectivity index (χ1) is 9.10. The van der Waals surface area contributed by atoms with Crippen molar-refractivity contribution in [3.05, 3.63) is 21.9 Å². The normalized spacial score (nSPS) is 27.2. The number of hydrogen-bond acceptors (Lipinski definition) is 3. The minimum absolute atomic E-state index is 0.0185. The van der Waals surface area contributed by atoms with Crippen LogP contribution >= 0.6 is 11.3 Å². The van der Waals surface area contributed by atoms with E-state index in [1.165, 1.54) is 17.8 Å². The van der Waals surface area contributed by atoms with Crippen LogP contribution in [0.25, 0.3) is 0 Å². The molecule has 2 atom stereocenters. The van der Waals surface area contributed by atoms with E-state index in [2.05, 4.69) is 19.2 Å². The van der Waals surface area contributed by atoms with Crippen molar-refractivity contribution in [2.24, 2.45) is 5.92 Å². The third-order valence-electron chi connectivity index (χ3n) is 4.11. The summed E-state index contributed by atoms with van der Waals surface area (Å²) in [4.78, 5) is 13.2. The van der Waals surface area contributed by atoms with Crippen LogP contribution in [0.3, 0.4) is 0 Å². The molecule has 1 aromatic heterocycles. The molecule has 0 radical (unpaired) electrons. The molecule has 2 N–H and O–H groups in total. The number of thiophene rings is 1. The van der Waals surface area contributed by atoms with E-state index in [1.54, 1.807) is 0 Å². The Morgan fingerprint density at radius 2 is 2.42 bits per heavy atom. The number of amides is 1. The molecule has 0 bridgehead atoms. The molecule has 1 fully saturated rings. The first-order valence-corrected chi connectivity index (χ1v) is 7.98. The van der Waals surface area contributed by atoms with E-state index in [-0.39, 0.29) is 12.5 Å². The van der Waals surface area contributed by atoms with Gasteiger partial charge in [0, 0.05) is 0 Å². The molecule has 2 rings (SSSR count). The number of carbonyl (C=O) groups is 1. The molecule has 106 valence electrons. The van der Waals surface area contributed by atoms with E-state index in [4.69, 9.17) is 0 Å². The standard InChI is InChI=1S/C15H23NO2S/c1-3-12-6-8-19-13(12)14(18)16-15(10-17)7-4-5-11(2)9-15/h6,8,11,17H,3-5,7,9-10H2,1-2H3,(H,16,18). The topological polar surface area (TPSA) is 49.3 Å². The number of carbonyl (C=O) groups excluding carboxylic acids is 1. The fourth-order valence-corrected chi connectivity index (χ4v) is 3.96. The zero-order valence-electron chi connectivity index (χ0n) is 11.7. The molecule has 2 unspecified atom stereocenters. The van der Waals surface area contributed by atoms with E-state index < -0.39 is 5.54 Å².